The van der Waals surface area contributed by atoms with E-state index < -0.39 is 21.9 Å². The van der Waals surface area contributed by atoms with Crippen molar-refractivity contribution in [2.24, 2.45) is 11.1 Å². The molecule has 158 valence electrons. The fraction of sp³-hybridized carbons (Fsp3) is 0.263. The van der Waals surface area contributed by atoms with E-state index in [-0.39, 0.29) is 23.3 Å². The minimum atomic E-state index is -3.79. The smallest absolute Gasteiger partial charge is 0.245 e. The number of nitrogens with two attached hydrogens (primary N) is 1. The van der Waals surface area contributed by atoms with Crippen LogP contribution in [0.5, 0.6) is 0 Å². The highest BCUT2D eigenvalue weighted by Gasteiger charge is 2.26. The summed E-state index contributed by atoms with van der Waals surface area (Å²) in [4.78, 5) is 16.7. The van der Waals surface area contributed by atoms with E-state index in [0.29, 0.717) is 17.0 Å². The molecule has 0 unspecified atom stereocenters. The zero-order valence-corrected chi connectivity index (χ0v) is 17.2. The van der Waals surface area contributed by atoms with Crippen LogP contribution in [-0.2, 0) is 21.4 Å². The molecule has 2 aromatic heterocycles. The summed E-state index contributed by atoms with van der Waals surface area (Å²) >= 11 is 0. The van der Waals surface area contributed by atoms with Crippen LogP contribution in [0.4, 0.5) is 4.39 Å². The maximum absolute atomic E-state index is 13.3. The molecular formula is C19H21FN6O3S. The van der Waals surface area contributed by atoms with Gasteiger partial charge in [0.1, 0.15) is 17.6 Å². The van der Waals surface area contributed by atoms with Crippen LogP contribution in [0.15, 0.2) is 53.7 Å². The molecule has 2 heterocycles. The number of aromatic nitrogens is 4. The minimum Gasteiger partial charge on any atom is -0.349 e. The van der Waals surface area contributed by atoms with Gasteiger partial charge in [-0.05, 0) is 30.2 Å². The Balaban J connectivity index is 1.77. The summed E-state index contributed by atoms with van der Waals surface area (Å²) in [5.74, 6) is -0.842. The van der Waals surface area contributed by atoms with E-state index in [4.69, 9.17) is 5.14 Å². The number of nitrogens with one attached hydrogen (secondary N) is 1. The number of halogens is 1. The molecule has 1 atom stereocenters. The number of nitrogens with zero attached hydrogens (tertiary/aromatic N) is 4. The summed E-state index contributed by atoms with van der Waals surface area (Å²) in [6.45, 7) is 3.82. The first-order valence-corrected chi connectivity index (χ1v) is 10.6. The van der Waals surface area contributed by atoms with Crippen molar-refractivity contribution in [3.63, 3.8) is 0 Å². The van der Waals surface area contributed by atoms with Crippen molar-refractivity contribution in [1.82, 2.24) is 25.3 Å². The summed E-state index contributed by atoms with van der Waals surface area (Å²) in [7, 11) is -3.79. The molecule has 3 N–H and O–H groups in total. The zero-order valence-electron chi connectivity index (χ0n) is 16.4. The van der Waals surface area contributed by atoms with E-state index in [2.05, 4.69) is 20.6 Å². The van der Waals surface area contributed by atoms with Crippen molar-refractivity contribution in [3.05, 3.63) is 60.3 Å². The van der Waals surface area contributed by atoms with Crippen LogP contribution < -0.4 is 10.5 Å². The number of pyridine rings is 1. The number of carbonyl (C=O) groups excluding carboxylic acids is 1. The van der Waals surface area contributed by atoms with Gasteiger partial charge in [0.25, 0.3) is 0 Å². The van der Waals surface area contributed by atoms with Gasteiger partial charge in [0, 0.05) is 11.8 Å². The van der Waals surface area contributed by atoms with E-state index in [9.17, 15) is 17.6 Å². The first-order chi connectivity index (χ1) is 14.1. The molecule has 0 aliphatic heterocycles. The molecule has 3 rings (SSSR count). The molecule has 0 bridgehead atoms. The second-order valence-corrected chi connectivity index (χ2v) is 8.59. The molecule has 0 spiro atoms. The van der Waals surface area contributed by atoms with E-state index in [1.807, 2.05) is 13.8 Å². The van der Waals surface area contributed by atoms with Crippen LogP contribution in [0.25, 0.3) is 11.3 Å². The Labute approximate surface area is 173 Å². The van der Waals surface area contributed by atoms with Gasteiger partial charge in [-0.1, -0.05) is 31.2 Å². The molecule has 30 heavy (non-hydrogen) atoms. The van der Waals surface area contributed by atoms with Gasteiger partial charge in [-0.15, -0.1) is 5.10 Å². The minimum absolute atomic E-state index is 0.0102. The highest BCUT2D eigenvalue weighted by atomic mass is 32.2. The third-order valence-electron chi connectivity index (χ3n) is 4.40. The molecule has 9 nitrogen and oxygen atoms in total. The van der Waals surface area contributed by atoms with Crippen molar-refractivity contribution in [3.8, 4) is 11.3 Å². The summed E-state index contributed by atoms with van der Waals surface area (Å²) in [6, 6.07) is 7.72. The second-order valence-electron chi connectivity index (χ2n) is 7.03. The van der Waals surface area contributed by atoms with Crippen LogP contribution in [0.1, 0.15) is 25.6 Å². The van der Waals surface area contributed by atoms with Crippen molar-refractivity contribution < 1.29 is 17.6 Å². The lowest BCUT2D eigenvalue weighted by molar-refractivity contribution is -0.126. The summed E-state index contributed by atoms with van der Waals surface area (Å²) < 4.78 is 37.5. The van der Waals surface area contributed by atoms with E-state index in [1.54, 1.807) is 18.3 Å². The van der Waals surface area contributed by atoms with Crippen LogP contribution in [0.3, 0.4) is 0 Å². The molecule has 1 aromatic carbocycles. The normalized spacial score (nSPS) is 12.7. The Morgan fingerprint density at radius 3 is 2.53 bits per heavy atom. The quantitative estimate of drug-likeness (QED) is 0.583. The van der Waals surface area contributed by atoms with Crippen molar-refractivity contribution >= 4 is 15.9 Å². The molecule has 0 aliphatic rings. The fourth-order valence-corrected chi connectivity index (χ4v) is 3.43. The van der Waals surface area contributed by atoms with E-state index in [0.717, 1.165) is 0 Å². The summed E-state index contributed by atoms with van der Waals surface area (Å²) in [5, 5.41) is 16.0. The number of carbonyl (C=O) groups is 1. The first-order valence-electron chi connectivity index (χ1n) is 9.08. The molecule has 0 saturated carbocycles. The third-order valence-corrected chi connectivity index (χ3v) is 5.33. The van der Waals surface area contributed by atoms with Crippen molar-refractivity contribution in [2.75, 3.05) is 0 Å². The van der Waals surface area contributed by atoms with Crippen LogP contribution in [-0.4, -0.2) is 34.3 Å². The maximum Gasteiger partial charge on any atom is 0.245 e. The Kier molecular flexibility index (Phi) is 6.22. The Hall–Kier alpha value is -3.18. The van der Waals surface area contributed by atoms with Gasteiger partial charge in [0.2, 0.25) is 15.9 Å². The van der Waals surface area contributed by atoms with Crippen molar-refractivity contribution in [1.29, 1.82) is 0 Å². The predicted octanol–water partition coefficient (Wildman–Crippen LogP) is 1.64. The van der Waals surface area contributed by atoms with Gasteiger partial charge in [-0.3, -0.25) is 9.78 Å². The molecule has 1 amide bonds. The molecule has 0 radical (unpaired) electrons. The number of sulfonamides is 1. The van der Waals surface area contributed by atoms with Crippen LogP contribution >= 0.6 is 0 Å². The van der Waals surface area contributed by atoms with Gasteiger partial charge in [-0.2, -0.15) is 0 Å². The number of amides is 1. The van der Waals surface area contributed by atoms with Gasteiger partial charge >= 0.3 is 0 Å². The molecule has 11 heteroatoms. The van der Waals surface area contributed by atoms with Crippen LogP contribution in [0, 0.1) is 11.7 Å². The monoisotopic (exact) mass is 432 g/mol. The number of primary sulfonamides is 1. The second kappa shape index (κ2) is 8.67. The summed E-state index contributed by atoms with van der Waals surface area (Å²) in [6.07, 6.45) is 2.94. The van der Waals surface area contributed by atoms with Gasteiger partial charge in [-0.25, -0.2) is 22.6 Å². The van der Waals surface area contributed by atoms with Gasteiger partial charge < -0.3 is 5.32 Å². The van der Waals surface area contributed by atoms with Crippen molar-refractivity contribution in [2.45, 2.75) is 31.3 Å². The highest BCUT2D eigenvalue weighted by molar-refractivity contribution is 7.89. The summed E-state index contributed by atoms with van der Waals surface area (Å²) in [5.41, 5.74) is 1.50. The highest BCUT2D eigenvalue weighted by Crippen LogP contribution is 2.22. The average molecular weight is 432 g/mol. The van der Waals surface area contributed by atoms with Crippen LogP contribution in [0.2, 0.25) is 0 Å². The Morgan fingerprint density at radius 1 is 1.23 bits per heavy atom. The number of hydrogen-bond donors (Lipinski definition) is 2. The van der Waals surface area contributed by atoms with Gasteiger partial charge in [0.15, 0.2) is 0 Å². The average Bonchev–Trinajstić information content (AvgIpc) is 3.15. The lowest BCUT2D eigenvalue weighted by atomic mass is 10.0. The molecule has 0 saturated heterocycles. The SMILES string of the molecule is CC(C)[C@@H](C(=O)NCc1cc(F)ccn1)n1cc(-c2ccc(S(N)(=O)=O)cc2)nn1. The predicted molar refractivity (Wildman–Crippen MR) is 107 cm³/mol. The zero-order chi connectivity index (χ0) is 21.9. The largest absolute Gasteiger partial charge is 0.349 e. The Bertz CT molecular complexity index is 1150. The molecule has 3 aromatic rings. The molecule has 0 aliphatic carbocycles. The lowest BCUT2D eigenvalue weighted by Crippen LogP contribution is -2.35. The van der Waals surface area contributed by atoms with E-state index in [1.165, 1.54) is 35.1 Å². The molecule has 0 fully saturated rings. The number of hydrogen-bond acceptors (Lipinski definition) is 6. The standard InChI is InChI=1S/C19H21FN6O3S/c1-12(2)18(19(27)23-10-15-9-14(20)7-8-22-15)26-11-17(24-25-26)13-3-5-16(6-4-13)30(21,28)29/h3-9,11-12,18H,10H2,1-2H3,(H,23,27)(H2,21,28,29)/t18-/m0/s1. The molecular weight excluding hydrogens is 411 g/mol. The Morgan fingerprint density at radius 2 is 1.93 bits per heavy atom. The fourth-order valence-electron chi connectivity index (χ4n) is 2.92. The van der Waals surface area contributed by atoms with E-state index >= 15 is 0 Å². The topological polar surface area (TPSA) is 133 Å². The number of benzene rings is 1. The maximum atomic E-state index is 13.3. The third kappa shape index (κ3) is 5.05. The number of rotatable bonds is 7. The lowest BCUT2D eigenvalue weighted by Gasteiger charge is -2.20. The van der Waals surface area contributed by atoms with Gasteiger partial charge in [0.05, 0.1) is 23.3 Å². The first kappa shape index (κ1) is 21.5.